The summed E-state index contributed by atoms with van der Waals surface area (Å²) in [6.07, 6.45) is 0.0136. The average molecular weight is 601 g/mol. The molecular weight excluding hydrogens is 569 g/mol. The molecule has 222 valence electrons. The fraction of sp³-hybridized carbons (Fsp3) is 0.0222. The number of fused-ring (bicyclic) bond motifs is 3. The van der Waals surface area contributed by atoms with Crippen molar-refractivity contribution in [2.24, 2.45) is 0 Å². The molecule has 2 nitrogen and oxygen atoms in total. The summed E-state index contributed by atoms with van der Waals surface area (Å²) in [5.41, 5.74) is 12.1. The van der Waals surface area contributed by atoms with E-state index in [1.165, 1.54) is 66.2 Å². The van der Waals surface area contributed by atoms with Crippen LogP contribution in [0.2, 0.25) is 0 Å². The maximum absolute atomic E-state index is 3.76. The first-order chi connectivity index (χ1) is 23.3. The first-order valence-corrected chi connectivity index (χ1v) is 16.2. The number of nitrogens with one attached hydrogen (secondary N) is 1. The van der Waals surface area contributed by atoms with Crippen molar-refractivity contribution in [3.05, 3.63) is 188 Å². The molecule has 0 fully saturated rings. The monoisotopic (exact) mass is 600 g/mol. The molecule has 0 spiro atoms. The lowest BCUT2D eigenvalue weighted by atomic mass is 9.85. The van der Waals surface area contributed by atoms with Gasteiger partial charge in [-0.25, -0.2) is 0 Å². The second kappa shape index (κ2) is 11.3. The Labute approximate surface area is 275 Å². The highest BCUT2D eigenvalue weighted by Gasteiger charge is 2.31. The van der Waals surface area contributed by atoms with E-state index in [4.69, 9.17) is 0 Å². The molecule has 8 aromatic rings. The van der Waals surface area contributed by atoms with Gasteiger partial charge in [-0.2, -0.15) is 0 Å². The third kappa shape index (κ3) is 4.65. The van der Waals surface area contributed by atoms with E-state index >= 15 is 0 Å². The molecule has 0 radical (unpaired) electrons. The molecule has 1 unspecified atom stereocenters. The summed E-state index contributed by atoms with van der Waals surface area (Å²) in [4.78, 5) is 2.41. The molecule has 2 heteroatoms. The van der Waals surface area contributed by atoms with Crippen molar-refractivity contribution in [2.75, 3.05) is 10.2 Å². The third-order valence-electron chi connectivity index (χ3n) is 9.46. The minimum atomic E-state index is 0.0136. The zero-order chi connectivity index (χ0) is 31.2. The van der Waals surface area contributed by atoms with Crippen LogP contribution in [0, 0.1) is 0 Å². The largest absolute Gasteiger partial charge is 0.359 e. The van der Waals surface area contributed by atoms with Crippen LogP contribution in [0.15, 0.2) is 182 Å². The molecule has 1 aliphatic rings. The Bertz CT molecular complexity index is 2360. The quantitative estimate of drug-likeness (QED) is 0.198. The first kappa shape index (κ1) is 27.2. The number of para-hydroxylation sites is 2. The van der Waals surface area contributed by atoms with Crippen molar-refractivity contribution in [3.63, 3.8) is 0 Å². The van der Waals surface area contributed by atoms with Gasteiger partial charge in [0.05, 0.1) is 11.4 Å². The summed E-state index contributed by atoms with van der Waals surface area (Å²) in [5, 5.41) is 8.80. The van der Waals surface area contributed by atoms with E-state index < -0.39 is 0 Å². The Hall–Kier alpha value is -6.12. The third-order valence-corrected chi connectivity index (χ3v) is 9.46. The normalized spacial score (nSPS) is 13.9. The van der Waals surface area contributed by atoms with Crippen molar-refractivity contribution in [1.29, 1.82) is 0 Å². The summed E-state index contributed by atoms with van der Waals surface area (Å²) in [6.45, 7) is 0. The molecule has 0 aliphatic carbocycles. The van der Waals surface area contributed by atoms with Crippen molar-refractivity contribution in [3.8, 4) is 33.4 Å². The number of benzene rings is 8. The smallest absolute Gasteiger partial charge is 0.130 e. The summed E-state index contributed by atoms with van der Waals surface area (Å²) in [7, 11) is 0. The fourth-order valence-electron chi connectivity index (χ4n) is 7.32. The van der Waals surface area contributed by atoms with Gasteiger partial charge in [-0.1, -0.05) is 152 Å². The average Bonchev–Trinajstić information content (AvgIpc) is 3.54. The molecule has 1 heterocycles. The van der Waals surface area contributed by atoms with Crippen molar-refractivity contribution >= 4 is 38.6 Å². The molecule has 47 heavy (non-hydrogen) atoms. The predicted molar refractivity (Wildman–Crippen MR) is 199 cm³/mol. The first-order valence-electron chi connectivity index (χ1n) is 16.2. The van der Waals surface area contributed by atoms with E-state index in [2.05, 4.69) is 192 Å². The lowest BCUT2D eigenvalue weighted by Crippen LogP contribution is -2.23. The zero-order valence-corrected chi connectivity index (χ0v) is 25.8. The topological polar surface area (TPSA) is 15.3 Å². The van der Waals surface area contributed by atoms with Gasteiger partial charge in [-0.15, -0.1) is 0 Å². The predicted octanol–water partition coefficient (Wildman–Crippen LogP) is 12.3. The maximum atomic E-state index is 3.76. The van der Waals surface area contributed by atoms with Crippen LogP contribution in [-0.4, -0.2) is 0 Å². The van der Waals surface area contributed by atoms with Crippen molar-refractivity contribution in [2.45, 2.75) is 6.17 Å². The number of nitrogens with zero attached hydrogens (tertiary/aromatic N) is 1. The molecule has 0 bridgehead atoms. The standard InChI is InChI=1S/C45H32N2/c1-4-14-31(15-5-1)35-26-29-39-40(30-35)44(38-21-11-10-20-37(38)43(39)32-16-6-2-7-17-32)33-24-27-36(28-25-33)47-42-23-13-12-22-41(42)46-45(47)34-18-8-3-9-19-34/h1-30,45-46H. The van der Waals surface area contributed by atoms with E-state index in [9.17, 15) is 0 Å². The molecule has 0 saturated heterocycles. The summed E-state index contributed by atoms with van der Waals surface area (Å²) in [5.74, 6) is 0. The Morgan fingerprint density at radius 2 is 0.894 bits per heavy atom. The van der Waals surface area contributed by atoms with E-state index in [1.54, 1.807) is 0 Å². The van der Waals surface area contributed by atoms with Crippen LogP contribution in [0.5, 0.6) is 0 Å². The second-order valence-electron chi connectivity index (χ2n) is 12.2. The lowest BCUT2D eigenvalue weighted by molar-refractivity contribution is 0.828. The van der Waals surface area contributed by atoms with E-state index in [0.29, 0.717) is 0 Å². The van der Waals surface area contributed by atoms with E-state index in [0.717, 1.165) is 11.4 Å². The Morgan fingerprint density at radius 1 is 0.383 bits per heavy atom. The highest BCUT2D eigenvalue weighted by Crippen LogP contribution is 2.48. The van der Waals surface area contributed by atoms with Gasteiger partial charge in [0.25, 0.3) is 0 Å². The Balaban J connectivity index is 1.26. The van der Waals surface area contributed by atoms with Gasteiger partial charge < -0.3 is 10.2 Å². The van der Waals surface area contributed by atoms with E-state index in [-0.39, 0.29) is 6.17 Å². The summed E-state index contributed by atoms with van der Waals surface area (Å²) < 4.78 is 0. The number of hydrogen-bond donors (Lipinski definition) is 1. The molecule has 9 rings (SSSR count). The van der Waals surface area contributed by atoms with Crippen LogP contribution in [-0.2, 0) is 0 Å². The molecule has 0 aromatic heterocycles. The van der Waals surface area contributed by atoms with Crippen LogP contribution < -0.4 is 10.2 Å². The lowest BCUT2D eigenvalue weighted by Gasteiger charge is -2.27. The fourth-order valence-corrected chi connectivity index (χ4v) is 7.32. The molecule has 1 atom stereocenters. The maximum Gasteiger partial charge on any atom is 0.130 e. The van der Waals surface area contributed by atoms with Gasteiger partial charge in [-0.3, -0.25) is 0 Å². The van der Waals surface area contributed by atoms with Crippen molar-refractivity contribution in [1.82, 2.24) is 0 Å². The second-order valence-corrected chi connectivity index (χ2v) is 12.2. The van der Waals surface area contributed by atoms with Gasteiger partial charge in [-0.05, 0) is 90.8 Å². The van der Waals surface area contributed by atoms with Gasteiger partial charge in [0.2, 0.25) is 0 Å². The van der Waals surface area contributed by atoms with Gasteiger partial charge >= 0.3 is 0 Å². The number of rotatable bonds is 5. The van der Waals surface area contributed by atoms with Crippen LogP contribution in [0.3, 0.4) is 0 Å². The van der Waals surface area contributed by atoms with Gasteiger partial charge in [0.1, 0.15) is 6.17 Å². The summed E-state index contributed by atoms with van der Waals surface area (Å²) in [6, 6.07) is 65.8. The SMILES string of the molecule is c1ccc(-c2ccc3c(-c4ccccc4)c4ccccc4c(-c4ccc(N5c6ccccc6NC5c5ccccc5)cc4)c3c2)cc1. The van der Waals surface area contributed by atoms with Crippen LogP contribution in [0.1, 0.15) is 11.7 Å². The Kier molecular flexibility index (Phi) is 6.57. The minimum Gasteiger partial charge on any atom is -0.359 e. The van der Waals surface area contributed by atoms with Crippen molar-refractivity contribution < 1.29 is 0 Å². The van der Waals surface area contributed by atoms with Crippen LogP contribution in [0.4, 0.5) is 17.1 Å². The molecular formula is C45H32N2. The Morgan fingerprint density at radius 3 is 1.60 bits per heavy atom. The number of anilines is 3. The zero-order valence-electron chi connectivity index (χ0n) is 25.8. The van der Waals surface area contributed by atoms with E-state index in [1.807, 2.05) is 0 Å². The number of hydrogen-bond acceptors (Lipinski definition) is 2. The minimum absolute atomic E-state index is 0.0136. The molecule has 0 amide bonds. The van der Waals surface area contributed by atoms with Gasteiger partial charge in [0.15, 0.2) is 0 Å². The summed E-state index contributed by atoms with van der Waals surface area (Å²) >= 11 is 0. The van der Waals surface area contributed by atoms with Gasteiger partial charge in [0, 0.05) is 5.69 Å². The highest BCUT2D eigenvalue weighted by atomic mass is 15.3. The molecule has 1 N–H and O–H groups in total. The highest BCUT2D eigenvalue weighted by molar-refractivity contribution is 6.22. The molecule has 1 aliphatic heterocycles. The van der Waals surface area contributed by atoms with Crippen LogP contribution in [0.25, 0.3) is 54.9 Å². The molecule has 0 saturated carbocycles. The molecule has 8 aromatic carbocycles. The van der Waals surface area contributed by atoms with Crippen LogP contribution >= 0.6 is 0 Å².